The highest BCUT2D eigenvalue weighted by Crippen LogP contribution is 2.17. The number of ether oxygens (including phenoxy) is 1. The van der Waals surface area contributed by atoms with Crippen LogP contribution in [-0.4, -0.2) is 17.1 Å². The molecule has 80 valence electrons. The Labute approximate surface area is 84.1 Å². The van der Waals surface area contributed by atoms with E-state index in [1.54, 1.807) is 33.8 Å². The normalized spacial score (nSPS) is 31.9. The summed E-state index contributed by atoms with van der Waals surface area (Å²) in [7, 11) is 0. The second-order valence-electron chi connectivity index (χ2n) is 4.80. The predicted molar refractivity (Wildman–Crippen MR) is 52.3 cm³/mol. The summed E-state index contributed by atoms with van der Waals surface area (Å²) in [5, 5.41) is 11.3. The van der Waals surface area contributed by atoms with Crippen molar-refractivity contribution < 1.29 is 14.6 Å². The summed E-state index contributed by atoms with van der Waals surface area (Å²) in [5.74, 6) is -0.431. The van der Waals surface area contributed by atoms with Crippen molar-refractivity contribution in [2.45, 2.75) is 45.3 Å². The second-order valence-corrected chi connectivity index (χ2v) is 4.80. The fraction of sp³-hybridized carbons (Fsp3) is 0.700. The van der Waals surface area contributed by atoms with Crippen LogP contribution in [-0.2, 0) is 9.53 Å². The quantitative estimate of drug-likeness (QED) is 0.491. The van der Waals surface area contributed by atoms with Crippen molar-refractivity contribution >= 4 is 5.97 Å². The Morgan fingerprint density at radius 3 is 2.50 bits per heavy atom. The molecule has 1 heterocycles. The number of nitrogens with one attached hydrogen (secondary N) is 1. The molecule has 0 fully saturated rings. The second kappa shape index (κ2) is 3.37. The highest BCUT2D eigenvalue weighted by atomic mass is 16.6. The molecule has 0 bridgehead atoms. The summed E-state index contributed by atoms with van der Waals surface area (Å²) in [4.78, 5) is 11.7. The first kappa shape index (κ1) is 11.2. The van der Waals surface area contributed by atoms with E-state index in [0.29, 0.717) is 6.42 Å². The van der Waals surface area contributed by atoms with Crippen LogP contribution >= 0.6 is 0 Å². The van der Waals surface area contributed by atoms with Crippen LogP contribution in [0.5, 0.6) is 0 Å². The highest BCUT2D eigenvalue weighted by molar-refractivity contribution is 5.79. The van der Waals surface area contributed by atoms with Gasteiger partial charge in [-0.05, 0) is 26.8 Å². The smallest absolute Gasteiger partial charge is 0.369 e. The van der Waals surface area contributed by atoms with E-state index in [2.05, 4.69) is 0 Å². The van der Waals surface area contributed by atoms with Crippen LogP contribution in [0.3, 0.4) is 0 Å². The molecule has 0 aromatic rings. The lowest BCUT2D eigenvalue weighted by molar-refractivity contribution is -0.832. The Morgan fingerprint density at radius 2 is 2.14 bits per heavy atom. The third kappa shape index (κ3) is 2.13. The van der Waals surface area contributed by atoms with Crippen molar-refractivity contribution in [3.8, 4) is 0 Å². The first-order valence-corrected chi connectivity index (χ1v) is 4.70. The third-order valence-electron chi connectivity index (χ3n) is 2.19. The molecule has 1 aliphatic rings. The van der Waals surface area contributed by atoms with Crippen LogP contribution in [0.4, 0.5) is 0 Å². The van der Waals surface area contributed by atoms with Crippen LogP contribution in [0.1, 0.15) is 34.1 Å². The monoisotopic (exact) mass is 199 g/mol. The summed E-state index contributed by atoms with van der Waals surface area (Å²) in [6.45, 7) is 7.01. The van der Waals surface area contributed by atoms with Crippen molar-refractivity contribution in [1.82, 2.24) is 0 Å². The van der Waals surface area contributed by atoms with Gasteiger partial charge in [0.25, 0.3) is 0 Å². The zero-order chi connectivity index (χ0) is 11.0. The van der Waals surface area contributed by atoms with Gasteiger partial charge in [-0.1, -0.05) is 0 Å². The molecule has 0 aliphatic carbocycles. The van der Waals surface area contributed by atoms with Crippen molar-refractivity contribution in [3.05, 3.63) is 17.5 Å². The van der Waals surface area contributed by atoms with E-state index in [9.17, 15) is 10.0 Å². The maximum absolute atomic E-state index is 11.7. The molecule has 4 heteroatoms. The number of hydroxylamine groups is 2. The Balaban J connectivity index is 2.70. The molecule has 0 aromatic heterocycles. The van der Waals surface area contributed by atoms with Crippen LogP contribution in [0.15, 0.2) is 12.3 Å². The predicted octanol–water partition coefficient (Wildman–Crippen LogP) is 0.387. The summed E-state index contributed by atoms with van der Waals surface area (Å²) in [5.41, 5.74) is -1.53. The van der Waals surface area contributed by atoms with Gasteiger partial charge in [-0.15, -0.1) is 0 Å². The van der Waals surface area contributed by atoms with E-state index < -0.39 is 17.1 Å². The first-order valence-electron chi connectivity index (χ1n) is 4.70. The molecule has 2 unspecified atom stereocenters. The van der Waals surface area contributed by atoms with E-state index in [1.807, 2.05) is 0 Å². The standard InChI is InChI=1S/C10H17NO3/c1-9(2,3)14-8(12)10(4)6-5-7-11(10)13/h5,7,11H,6H2,1-4H3. The van der Waals surface area contributed by atoms with Gasteiger partial charge in [-0.2, -0.15) is 0 Å². The lowest BCUT2D eigenvalue weighted by Crippen LogP contribution is -3.11. The molecule has 0 saturated heterocycles. The minimum Gasteiger partial charge on any atom is -0.628 e. The first-order chi connectivity index (χ1) is 6.26. The fourth-order valence-corrected chi connectivity index (χ4v) is 1.26. The molecule has 0 aromatic carbocycles. The summed E-state index contributed by atoms with van der Waals surface area (Å²) in [6, 6.07) is 0. The number of carbonyl (C=O) groups excluding carboxylic acids is 1. The van der Waals surface area contributed by atoms with Crippen molar-refractivity contribution in [3.63, 3.8) is 0 Å². The van der Waals surface area contributed by atoms with Gasteiger partial charge in [0.15, 0.2) is 0 Å². The van der Waals surface area contributed by atoms with Gasteiger partial charge in [0, 0.05) is 13.3 Å². The number of hydrogen-bond acceptors (Lipinski definition) is 3. The van der Waals surface area contributed by atoms with Crippen molar-refractivity contribution in [2.75, 3.05) is 0 Å². The summed E-state index contributed by atoms with van der Waals surface area (Å²) in [6.07, 6.45) is 3.61. The minimum absolute atomic E-state index is 0.160. The molecule has 14 heavy (non-hydrogen) atoms. The number of carbonyl (C=O) groups is 1. The van der Waals surface area contributed by atoms with E-state index in [0.717, 1.165) is 0 Å². The molecule has 1 aliphatic heterocycles. The van der Waals surface area contributed by atoms with Crippen molar-refractivity contribution in [1.29, 1.82) is 0 Å². The summed E-state index contributed by atoms with van der Waals surface area (Å²) < 4.78 is 5.20. The topological polar surface area (TPSA) is 53.8 Å². The molecule has 0 saturated carbocycles. The van der Waals surface area contributed by atoms with Gasteiger partial charge in [-0.3, -0.25) is 0 Å². The summed E-state index contributed by atoms with van der Waals surface area (Å²) >= 11 is 0. The fourth-order valence-electron chi connectivity index (χ4n) is 1.26. The molecule has 0 amide bonds. The maximum atomic E-state index is 11.7. The lowest BCUT2D eigenvalue weighted by atomic mass is 10.0. The Hall–Kier alpha value is -0.870. The minimum atomic E-state index is -0.993. The van der Waals surface area contributed by atoms with Gasteiger partial charge in [0.1, 0.15) is 5.60 Å². The number of hydrogen-bond donors (Lipinski definition) is 1. The van der Waals surface area contributed by atoms with E-state index in [-0.39, 0.29) is 5.06 Å². The third-order valence-corrected chi connectivity index (χ3v) is 2.19. The largest absolute Gasteiger partial charge is 0.628 e. The molecule has 2 atom stereocenters. The number of rotatable bonds is 1. The number of esters is 1. The zero-order valence-corrected chi connectivity index (χ0v) is 9.09. The Bertz CT molecular complexity index is 267. The maximum Gasteiger partial charge on any atom is 0.369 e. The van der Waals surface area contributed by atoms with Crippen LogP contribution in [0.2, 0.25) is 0 Å². The van der Waals surface area contributed by atoms with E-state index >= 15 is 0 Å². The van der Waals surface area contributed by atoms with Crippen LogP contribution < -0.4 is 5.06 Å². The average molecular weight is 199 g/mol. The highest BCUT2D eigenvalue weighted by Gasteiger charge is 2.44. The van der Waals surface area contributed by atoms with Gasteiger partial charge >= 0.3 is 5.97 Å². The molecular formula is C10H17NO3. The lowest BCUT2D eigenvalue weighted by Gasteiger charge is -2.33. The van der Waals surface area contributed by atoms with Crippen LogP contribution in [0.25, 0.3) is 0 Å². The average Bonchev–Trinajstić information content (AvgIpc) is 2.30. The number of quaternary nitrogens is 1. The SMILES string of the molecule is CC(C)(C)OC(=O)C1(C)CC=C[NH+]1[O-]. The molecule has 1 rings (SSSR count). The molecule has 4 nitrogen and oxygen atoms in total. The van der Waals surface area contributed by atoms with Gasteiger partial charge < -0.3 is 15.0 Å². The molecule has 0 spiro atoms. The molecule has 1 N–H and O–H groups in total. The van der Waals surface area contributed by atoms with E-state index in [4.69, 9.17) is 4.74 Å². The zero-order valence-electron chi connectivity index (χ0n) is 9.09. The van der Waals surface area contributed by atoms with E-state index in [1.165, 1.54) is 6.20 Å². The van der Waals surface area contributed by atoms with Gasteiger partial charge in [0.2, 0.25) is 5.54 Å². The van der Waals surface area contributed by atoms with Crippen molar-refractivity contribution in [2.24, 2.45) is 0 Å². The van der Waals surface area contributed by atoms with Gasteiger partial charge in [0.05, 0.1) is 6.20 Å². The Morgan fingerprint density at radius 1 is 1.57 bits per heavy atom. The Kier molecular flexibility index (Phi) is 2.69. The van der Waals surface area contributed by atoms with Gasteiger partial charge in [-0.25, -0.2) is 4.79 Å². The molecular weight excluding hydrogens is 182 g/mol. The molecule has 0 radical (unpaired) electrons. The van der Waals surface area contributed by atoms with Crippen LogP contribution in [0, 0.1) is 5.21 Å².